The molecule has 6 rings (SSSR count). The average Bonchev–Trinajstić information content (AvgIpc) is 3.61. The summed E-state index contributed by atoms with van der Waals surface area (Å²) in [5, 5.41) is 6.76. The minimum absolute atomic E-state index is 0.117. The summed E-state index contributed by atoms with van der Waals surface area (Å²) in [5.74, 6) is -1.85. The smallest absolute Gasteiger partial charge is 0.286 e. The Hall–Kier alpha value is -2.56. The van der Waals surface area contributed by atoms with Crippen LogP contribution in [0.2, 0.25) is 5.02 Å². The van der Waals surface area contributed by atoms with Crippen molar-refractivity contribution < 1.29 is 18.3 Å². The molecule has 2 unspecified atom stereocenters. The van der Waals surface area contributed by atoms with E-state index in [-0.39, 0.29) is 11.8 Å². The van der Waals surface area contributed by atoms with Crippen molar-refractivity contribution in [2.24, 2.45) is 11.8 Å². The van der Waals surface area contributed by atoms with Crippen LogP contribution in [-0.2, 0) is 9.53 Å². The van der Waals surface area contributed by atoms with Gasteiger partial charge in [0, 0.05) is 31.5 Å². The maximum Gasteiger partial charge on any atom is 0.286 e. The summed E-state index contributed by atoms with van der Waals surface area (Å²) in [7, 11) is 1.64. The zero-order chi connectivity index (χ0) is 25.2. The van der Waals surface area contributed by atoms with Crippen molar-refractivity contribution in [2.75, 3.05) is 41.9 Å². The largest absolute Gasteiger partial charge is 0.360 e. The molecule has 192 valence electrons. The highest BCUT2D eigenvalue weighted by Gasteiger charge is 2.55. The SMILES string of the molecule is C[C@@H]1CCN(c2ncc(Cl)c(Nc3ccc4c(c3)C3N[C@@H](C5CC5)C(F)(F)COC3C(=O)N4C)n2)C1. The summed E-state index contributed by atoms with van der Waals surface area (Å²) in [4.78, 5) is 25.7. The fourth-order valence-electron chi connectivity index (χ4n) is 5.51. The van der Waals surface area contributed by atoms with Crippen LogP contribution in [0.25, 0.3) is 0 Å². The Morgan fingerprint density at radius 3 is 2.81 bits per heavy atom. The Morgan fingerprint density at radius 2 is 2.08 bits per heavy atom. The van der Waals surface area contributed by atoms with E-state index in [1.54, 1.807) is 19.3 Å². The lowest BCUT2D eigenvalue weighted by Crippen LogP contribution is -2.52. The average molecular weight is 519 g/mol. The molecule has 4 heterocycles. The van der Waals surface area contributed by atoms with Gasteiger partial charge in [0.05, 0.1) is 18.3 Å². The summed E-state index contributed by atoms with van der Waals surface area (Å²) in [6.07, 6.45) is 3.14. The van der Waals surface area contributed by atoms with Gasteiger partial charge in [-0.3, -0.25) is 10.1 Å². The molecule has 36 heavy (non-hydrogen) atoms. The summed E-state index contributed by atoms with van der Waals surface area (Å²) in [6.45, 7) is 3.21. The molecule has 4 aliphatic rings. The number of halogens is 3. The number of anilines is 4. The molecule has 1 amide bonds. The highest BCUT2D eigenvalue weighted by Crippen LogP contribution is 2.46. The number of nitrogens with one attached hydrogen (secondary N) is 2. The number of rotatable bonds is 4. The summed E-state index contributed by atoms with van der Waals surface area (Å²) < 4.78 is 35.4. The van der Waals surface area contributed by atoms with Gasteiger partial charge < -0.3 is 19.9 Å². The molecule has 3 fully saturated rings. The molecule has 0 radical (unpaired) electrons. The van der Waals surface area contributed by atoms with Crippen LogP contribution in [0.15, 0.2) is 24.4 Å². The van der Waals surface area contributed by atoms with E-state index in [9.17, 15) is 13.6 Å². The molecule has 2 aromatic rings. The summed E-state index contributed by atoms with van der Waals surface area (Å²) >= 11 is 6.42. The van der Waals surface area contributed by atoms with E-state index >= 15 is 0 Å². The van der Waals surface area contributed by atoms with E-state index in [0.717, 1.165) is 32.4 Å². The number of likely N-dealkylation sites (N-methyl/N-ethyl adjacent to an activating group) is 1. The number of carbonyl (C=O) groups is 1. The first-order valence-electron chi connectivity index (χ1n) is 12.4. The number of alkyl halides is 2. The fraction of sp³-hybridized carbons (Fsp3) is 0.560. The van der Waals surface area contributed by atoms with E-state index in [1.807, 2.05) is 12.1 Å². The van der Waals surface area contributed by atoms with Gasteiger partial charge in [-0.25, -0.2) is 13.8 Å². The molecule has 3 aliphatic heterocycles. The van der Waals surface area contributed by atoms with Gasteiger partial charge in [0.1, 0.15) is 11.6 Å². The van der Waals surface area contributed by atoms with Crippen molar-refractivity contribution in [2.45, 2.75) is 50.3 Å². The molecule has 1 aliphatic carbocycles. The van der Waals surface area contributed by atoms with Crippen molar-refractivity contribution in [3.8, 4) is 0 Å². The minimum atomic E-state index is -3.05. The van der Waals surface area contributed by atoms with Crippen LogP contribution in [0.4, 0.5) is 31.9 Å². The van der Waals surface area contributed by atoms with E-state index in [4.69, 9.17) is 16.3 Å². The first kappa shape index (κ1) is 23.8. The molecule has 1 saturated carbocycles. The van der Waals surface area contributed by atoms with Crippen LogP contribution in [0.3, 0.4) is 0 Å². The second-order valence-electron chi connectivity index (χ2n) is 10.5. The van der Waals surface area contributed by atoms with Crippen molar-refractivity contribution in [3.05, 3.63) is 35.0 Å². The van der Waals surface area contributed by atoms with Crippen LogP contribution in [-0.4, -0.2) is 60.7 Å². The fourth-order valence-corrected chi connectivity index (χ4v) is 5.65. The Morgan fingerprint density at radius 1 is 1.28 bits per heavy atom. The maximum atomic E-state index is 14.9. The molecule has 8 nitrogen and oxygen atoms in total. The Labute approximate surface area is 213 Å². The van der Waals surface area contributed by atoms with E-state index in [2.05, 4.69) is 32.4 Å². The lowest BCUT2D eigenvalue weighted by atomic mass is 9.92. The third kappa shape index (κ3) is 4.18. The van der Waals surface area contributed by atoms with Crippen molar-refractivity contribution in [3.63, 3.8) is 0 Å². The first-order chi connectivity index (χ1) is 17.2. The predicted octanol–water partition coefficient (Wildman–Crippen LogP) is 4.14. The maximum absolute atomic E-state index is 14.9. The van der Waals surface area contributed by atoms with Crippen LogP contribution in [0, 0.1) is 11.8 Å². The molecular weight excluding hydrogens is 490 g/mol. The number of benzene rings is 1. The molecule has 1 aromatic carbocycles. The van der Waals surface area contributed by atoms with Gasteiger partial charge in [-0.1, -0.05) is 18.5 Å². The summed E-state index contributed by atoms with van der Waals surface area (Å²) in [6, 6.07) is 3.77. The highest BCUT2D eigenvalue weighted by molar-refractivity contribution is 6.32. The van der Waals surface area contributed by atoms with Crippen LogP contribution < -0.4 is 20.4 Å². The van der Waals surface area contributed by atoms with Crippen LogP contribution in [0.1, 0.15) is 37.8 Å². The van der Waals surface area contributed by atoms with E-state index in [1.165, 1.54) is 4.90 Å². The molecule has 4 atom stereocenters. The predicted molar refractivity (Wildman–Crippen MR) is 133 cm³/mol. The third-order valence-electron chi connectivity index (χ3n) is 7.66. The molecular formula is C25H29ClF2N6O2. The van der Waals surface area contributed by atoms with Crippen molar-refractivity contribution in [1.82, 2.24) is 15.3 Å². The molecule has 2 N–H and O–H groups in total. The number of hydrogen-bond donors (Lipinski definition) is 2. The van der Waals surface area contributed by atoms with Gasteiger partial charge in [0.25, 0.3) is 11.8 Å². The minimum Gasteiger partial charge on any atom is -0.360 e. The Balaban J connectivity index is 1.33. The Bertz CT molecular complexity index is 1200. The number of hydrogen-bond acceptors (Lipinski definition) is 7. The highest BCUT2D eigenvalue weighted by atomic mass is 35.5. The van der Waals surface area contributed by atoms with Crippen LogP contribution >= 0.6 is 11.6 Å². The van der Waals surface area contributed by atoms with Gasteiger partial charge in [-0.05, 0) is 54.9 Å². The second-order valence-corrected chi connectivity index (χ2v) is 10.9. The lowest BCUT2D eigenvalue weighted by molar-refractivity contribution is -0.139. The molecule has 0 spiro atoms. The van der Waals surface area contributed by atoms with Crippen LogP contribution in [0.5, 0.6) is 0 Å². The first-order valence-corrected chi connectivity index (χ1v) is 12.8. The van der Waals surface area contributed by atoms with Crippen molar-refractivity contribution in [1.29, 1.82) is 0 Å². The van der Waals surface area contributed by atoms with E-state index < -0.39 is 30.7 Å². The standard InChI is InChI=1S/C25H29ClF2N6O2/c1-13-7-8-34(11-13)24-29-10-17(26)22(32-24)30-15-5-6-18-16(9-15)19-20(23(35)33(18)2)36-12-25(27,28)21(31-19)14-3-4-14/h5-6,9-10,13-14,19-21,31H,3-4,7-8,11-12H2,1-2H3,(H,29,30,32)/t13-,19?,20?,21+/m1/s1. The quantitative estimate of drug-likeness (QED) is 0.629. The zero-order valence-electron chi connectivity index (χ0n) is 20.2. The second kappa shape index (κ2) is 8.78. The van der Waals surface area contributed by atoms with Gasteiger partial charge in [-0.15, -0.1) is 0 Å². The summed E-state index contributed by atoms with van der Waals surface area (Å²) in [5.41, 5.74) is 2.05. The molecule has 1 aromatic heterocycles. The number of nitrogens with zero attached hydrogens (tertiary/aromatic N) is 4. The van der Waals surface area contributed by atoms with Gasteiger partial charge in [0.15, 0.2) is 11.9 Å². The topological polar surface area (TPSA) is 82.6 Å². The molecule has 11 heteroatoms. The number of fused-ring (bicyclic) bond motifs is 3. The molecule has 2 saturated heterocycles. The monoisotopic (exact) mass is 518 g/mol. The zero-order valence-corrected chi connectivity index (χ0v) is 20.9. The number of carbonyl (C=O) groups excluding carboxylic acids is 1. The van der Waals surface area contributed by atoms with Gasteiger partial charge >= 0.3 is 0 Å². The van der Waals surface area contributed by atoms with Gasteiger partial charge in [-0.2, -0.15) is 4.98 Å². The van der Waals surface area contributed by atoms with Gasteiger partial charge in [0.2, 0.25) is 5.95 Å². The number of amides is 1. The lowest BCUT2D eigenvalue weighted by Gasteiger charge is -2.37. The molecule has 0 bridgehead atoms. The Kier molecular flexibility index (Phi) is 5.81. The normalized spacial score (nSPS) is 29.5. The van der Waals surface area contributed by atoms with E-state index in [0.29, 0.717) is 39.6 Å². The number of ether oxygens (including phenoxy) is 1. The number of aromatic nitrogens is 2. The van der Waals surface area contributed by atoms with Crippen molar-refractivity contribution >= 4 is 40.6 Å². The third-order valence-corrected chi connectivity index (χ3v) is 7.94.